The first-order valence-electron chi connectivity index (χ1n) is 28.3. The smallest absolute Gasteiger partial charge is 0.336 e. The van der Waals surface area contributed by atoms with Crippen molar-refractivity contribution in [2.75, 3.05) is 94.3 Å². The van der Waals surface area contributed by atoms with Crippen LogP contribution in [0, 0.1) is 22.2 Å². The molecule has 7 rings (SSSR count). The molecular formula is C61H83ClN5O12PS3. The van der Waals surface area contributed by atoms with Crippen LogP contribution in [-0.4, -0.2) is 135 Å². The van der Waals surface area contributed by atoms with Gasteiger partial charge in [0, 0.05) is 78.5 Å². The molecule has 0 unspecified atom stereocenters. The van der Waals surface area contributed by atoms with E-state index < -0.39 is 69.7 Å². The zero-order valence-corrected chi connectivity index (χ0v) is 53.5. The Morgan fingerprint density at radius 2 is 1.39 bits per heavy atom. The van der Waals surface area contributed by atoms with Crippen LogP contribution in [0.2, 0.25) is 5.02 Å². The van der Waals surface area contributed by atoms with Crippen LogP contribution in [-0.2, 0) is 52.5 Å². The number of hydrogen-bond donors (Lipinski definition) is 2. The number of allylic oxidation sites excluding steroid dienone is 1. The number of hydrogen-bond acceptors (Lipinski definition) is 17. The number of sulfonamides is 1. The zero-order chi connectivity index (χ0) is 60.4. The van der Waals surface area contributed by atoms with Crippen molar-refractivity contribution in [1.82, 2.24) is 14.5 Å². The molecule has 0 aromatic heterocycles. The fourth-order valence-electron chi connectivity index (χ4n) is 10.2. The maximum atomic E-state index is 14.1. The molecule has 1 amide bonds. The number of thioether (sulfide) groups is 1. The highest BCUT2D eigenvalue weighted by molar-refractivity contribution is 7.99. The molecule has 2 saturated heterocycles. The Balaban J connectivity index is 0.957. The minimum atomic E-state index is -4.53. The lowest BCUT2D eigenvalue weighted by Gasteiger charge is -2.39. The molecule has 0 bridgehead atoms. The fraction of sp³-hybridized carbons (Fsp3) is 0.525. The van der Waals surface area contributed by atoms with Crippen LogP contribution in [0.3, 0.4) is 0 Å². The third-order valence-electron chi connectivity index (χ3n) is 15.2. The summed E-state index contributed by atoms with van der Waals surface area (Å²) in [4.78, 5) is 45.9. The average molecular weight is 1240 g/mol. The SMILES string of the molecule is CC1(C)CCC(c2ccc(Cl)cc2)=C(CN2CCN(c3ccc(C(=O)NS(=O)(=O)c4ccc(N[C@H](CCN5CCC(CP(=O)(OCOC(=O)C(C)(C)C)OCOC(=O)C(C)(C)C)CC5)CSc5ccccc5)c(S(C)(=O)=O)c4)cc3)CC2)C1. The van der Waals surface area contributed by atoms with Gasteiger partial charge < -0.3 is 24.6 Å². The van der Waals surface area contributed by atoms with E-state index in [0.717, 1.165) is 79.9 Å². The highest BCUT2D eigenvalue weighted by Gasteiger charge is 2.35. The molecule has 83 heavy (non-hydrogen) atoms. The maximum Gasteiger partial charge on any atom is 0.336 e. The number of amides is 1. The van der Waals surface area contributed by atoms with Gasteiger partial charge in [0.1, 0.15) is 0 Å². The second-order valence-corrected chi connectivity index (χ2v) is 32.1. The Hall–Kier alpha value is -4.76. The molecular weight excluding hydrogens is 1160 g/mol. The topological polar surface area (TPSA) is 207 Å². The summed E-state index contributed by atoms with van der Waals surface area (Å²) in [5.74, 6) is -1.48. The van der Waals surface area contributed by atoms with Crippen LogP contribution >= 0.6 is 31.0 Å². The van der Waals surface area contributed by atoms with E-state index in [0.29, 0.717) is 44.6 Å². The molecule has 2 fully saturated rings. The summed E-state index contributed by atoms with van der Waals surface area (Å²) in [6.07, 6.45) is 6.09. The number of benzene rings is 4. The van der Waals surface area contributed by atoms with Gasteiger partial charge >= 0.3 is 19.5 Å². The quantitative estimate of drug-likeness (QED) is 0.0289. The molecule has 2 N–H and O–H groups in total. The Kier molecular flexibility index (Phi) is 22.3. The second kappa shape index (κ2) is 28.2. The Bertz CT molecular complexity index is 3160. The summed E-state index contributed by atoms with van der Waals surface area (Å²) >= 11 is 7.82. The number of esters is 2. The van der Waals surface area contributed by atoms with Crippen molar-refractivity contribution in [1.29, 1.82) is 0 Å². The molecule has 4 aromatic carbocycles. The number of carbonyl (C=O) groups excluding carboxylic acids is 3. The summed E-state index contributed by atoms with van der Waals surface area (Å²) < 4.78 is 92.6. The van der Waals surface area contributed by atoms with Crippen molar-refractivity contribution in [3.63, 3.8) is 0 Å². The van der Waals surface area contributed by atoms with Crippen molar-refractivity contribution in [2.45, 2.75) is 115 Å². The van der Waals surface area contributed by atoms with Crippen molar-refractivity contribution >= 4 is 85.6 Å². The van der Waals surface area contributed by atoms with Crippen molar-refractivity contribution in [2.24, 2.45) is 22.2 Å². The van der Waals surface area contributed by atoms with Gasteiger partial charge in [0.05, 0.1) is 32.5 Å². The van der Waals surface area contributed by atoms with E-state index in [2.05, 4.69) is 50.7 Å². The maximum absolute atomic E-state index is 14.1. The van der Waals surface area contributed by atoms with Gasteiger partial charge in [-0.15, -0.1) is 11.8 Å². The molecule has 4 aromatic rings. The van der Waals surface area contributed by atoms with Gasteiger partial charge in [-0.25, -0.2) is 21.6 Å². The molecule has 0 radical (unpaired) electrons. The molecule has 1 atom stereocenters. The predicted molar refractivity (Wildman–Crippen MR) is 329 cm³/mol. The number of rotatable bonds is 24. The summed E-state index contributed by atoms with van der Waals surface area (Å²) in [6, 6.07) is 28.3. The highest BCUT2D eigenvalue weighted by atomic mass is 35.5. The number of ether oxygens (including phenoxy) is 2. The van der Waals surface area contributed by atoms with Gasteiger partial charge in [-0.2, -0.15) is 0 Å². The first-order chi connectivity index (χ1) is 38.9. The number of carbonyl (C=O) groups is 3. The molecule has 17 nitrogen and oxygen atoms in total. The molecule has 454 valence electrons. The minimum Gasteiger partial charge on any atom is -0.438 e. The minimum absolute atomic E-state index is 0.0149. The number of likely N-dealkylation sites (tertiary alicyclic amines) is 1. The summed E-state index contributed by atoms with van der Waals surface area (Å²) in [6.45, 7) is 19.7. The summed E-state index contributed by atoms with van der Waals surface area (Å²) in [7, 11) is -12.4. The first-order valence-corrected chi connectivity index (χ1v) is 34.8. The number of nitrogens with zero attached hydrogens (tertiary/aromatic N) is 3. The van der Waals surface area contributed by atoms with Crippen molar-refractivity contribution in [3.8, 4) is 0 Å². The largest absolute Gasteiger partial charge is 0.438 e. The van der Waals surface area contributed by atoms with Crippen LogP contribution in [0.4, 0.5) is 11.4 Å². The molecule has 2 heterocycles. The number of halogens is 1. The van der Waals surface area contributed by atoms with Crippen LogP contribution in [0.5, 0.6) is 0 Å². The third kappa shape index (κ3) is 19.6. The van der Waals surface area contributed by atoms with E-state index >= 15 is 0 Å². The average Bonchev–Trinajstić information content (AvgIpc) is 3.37. The standard InChI is InChI=1S/C61H83ClN5O12PS3/c1-59(2,3)57(69)76-42-78-80(71,79-43-77-58(70)60(4,5)6)40-44-26-30-65(31-27-44)32-28-49(41-81-51-13-11-10-12-14-51)63-54-24-23-52(37-55(54)82(9,72)73)83(74,75)64-56(68)46-17-21-50(22-18-46)67-35-33-66(34-36-67)39-47-38-61(7,8)29-25-53(47)45-15-19-48(62)20-16-45/h10-24,37,44,49,63H,25-36,38-43H2,1-9H3,(H,64,68)/t49-/m1/s1. The van der Waals surface area contributed by atoms with Crippen molar-refractivity contribution < 1.29 is 54.3 Å². The number of anilines is 2. The molecule has 0 saturated carbocycles. The lowest BCUT2D eigenvalue weighted by Crippen LogP contribution is -2.47. The summed E-state index contributed by atoms with van der Waals surface area (Å²) in [5.41, 5.74) is 4.03. The van der Waals surface area contributed by atoms with Gasteiger partial charge in [0.25, 0.3) is 15.9 Å². The van der Waals surface area contributed by atoms with Gasteiger partial charge in [0.15, 0.2) is 9.84 Å². The van der Waals surface area contributed by atoms with E-state index in [1.165, 1.54) is 28.8 Å². The molecule has 22 heteroatoms. The lowest BCUT2D eigenvalue weighted by molar-refractivity contribution is -0.162. The van der Waals surface area contributed by atoms with Crippen LogP contribution in [0.25, 0.3) is 5.57 Å². The van der Waals surface area contributed by atoms with E-state index in [9.17, 15) is 35.8 Å². The number of piperazine rings is 1. The Labute approximate surface area is 501 Å². The molecule has 1 aliphatic carbocycles. The Morgan fingerprint density at radius 1 is 0.783 bits per heavy atom. The van der Waals surface area contributed by atoms with E-state index in [-0.39, 0.29) is 44.6 Å². The first kappa shape index (κ1) is 65.8. The zero-order valence-electron chi connectivity index (χ0n) is 49.4. The van der Waals surface area contributed by atoms with E-state index in [4.69, 9.17) is 30.1 Å². The highest BCUT2D eigenvalue weighted by Crippen LogP contribution is 2.51. The second-order valence-electron chi connectivity index (χ2n) is 24.8. The number of piperidine rings is 1. The monoisotopic (exact) mass is 1240 g/mol. The van der Waals surface area contributed by atoms with E-state index in [1.807, 2.05) is 54.6 Å². The number of nitrogens with one attached hydrogen (secondary N) is 2. The Morgan fingerprint density at radius 3 is 1.96 bits per heavy atom. The van der Waals surface area contributed by atoms with E-state index in [1.54, 1.807) is 65.4 Å². The van der Waals surface area contributed by atoms with Crippen LogP contribution < -0.4 is 14.9 Å². The predicted octanol–water partition coefficient (Wildman–Crippen LogP) is 11.6. The lowest BCUT2D eigenvalue weighted by atomic mass is 9.73. The normalized spacial score (nSPS) is 17.4. The molecule has 2 aliphatic heterocycles. The van der Waals surface area contributed by atoms with Crippen molar-refractivity contribution in [3.05, 3.63) is 119 Å². The summed E-state index contributed by atoms with van der Waals surface area (Å²) in [5, 5.41) is 4.15. The van der Waals surface area contributed by atoms with Gasteiger partial charge in [-0.3, -0.25) is 32.9 Å². The molecule has 0 spiro atoms. The van der Waals surface area contributed by atoms with Gasteiger partial charge in [-0.05, 0) is 182 Å². The van der Waals surface area contributed by atoms with Gasteiger partial charge in [0.2, 0.25) is 13.6 Å². The van der Waals surface area contributed by atoms with Crippen LogP contribution in [0.15, 0.2) is 117 Å². The third-order valence-corrected chi connectivity index (χ3v) is 21.0. The fourth-order valence-corrected chi connectivity index (χ4v) is 15.0. The van der Waals surface area contributed by atoms with Crippen LogP contribution in [0.1, 0.15) is 110 Å². The molecule has 3 aliphatic rings. The van der Waals surface area contributed by atoms with Gasteiger partial charge in [-0.1, -0.05) is 61.4 Å². The number of sulfone groups is 1.